The topological polar surface area (TPSA) is 104 Å². The maximum absolute atomic E-state index is 11.7. The summed E-state index contributed by atoms with van der Waals surface area (Å²) in [6, 6.07) is -1.98. The molecule has 0 aromatic rings. The van der Waals surface area contributed by atoms with Crippen molar-refractivity contribution in [2.24, 2.45) is 0 Å². The van der Waals surface area contributed by atoms with Crippen molar-refractivity contribution >= 4 is 26.4 Å². The van der Waals surface area contributed by atoms with Gasteiger partial charge in [0, 0.05) is 6.42 Å². The SMILES string of the molecule is CCCC(=O)N([PH2]=O)[C@@H](C)C(=O)N[C@@H](C)C(=O)O. The fraction of sp³-hybridized carbons (Fsp3) is 0.700. The molecule has 0 heterocycles. The number of hydrogen-bond acceptors (Lipinski definition) is 4. The van der Waals surface area contributed by atoms with Crippen molar-refractivity contribution in [2.75, 3.05) is 0 Å². The lowest BCUT2D eigenvalue weighted by Gasteiger charge is -2.24. The summed E-state index contributed by atoms with van der Waals surface area (Å²) in [6.07, 6.45) is 0.802. The Hall–Kier alpha value is -1.36. The number of rotatable bonds is 7. The van der Waals surface area contributed by atoms with E-state index in [4.69, 9.17) is 5.11 Å². The van der Waals surface area contributed by atoms with Gasteiger partial charge in [-0.05, 0) is 20.3 Å². The minimum Gasteiger partial charge on any atom is -0.480 e. The number of hydrogen-bond donors (Lipinski definition) is 2. The number of nitrogens with zero attached hydrogens (tertiary/aromatic N) is 1. The Morgan fingerprint density at radius 2 is 1.89 bits per heavy atom. The van der Waals surface area contributed by atoms with Crippen LogP contribution in [0.2, 0.25) is 0 Å². The first kappa shape index (κ1) is 16.6. The smallest absolute Gasteiger partial charge is 0.325 e. The molecule has 1 unspecified atom stereocenters. The van der Waals surface area contributed by atoms with Gasteiger partial charge in [-0.15, -0.1) is 0 Å². The van der Waals surface area contributed by atoms with E-state index in [0.29, 0.717) is 6.42 Å². The highest BCUT2D eigenvalue weighted by Crippen LogP contribution is 2.14. The van der Waals surface area contributed by atoms with Crippen molar-refractivity contribution in [1.82, 2.24) is 9.99 Å². The second kappa shape index (κ2) is 7.87. The summed E-state index contributed by atoms with van der Waals surface area (Å²) >= 11 is 0. The minimum atomic E-state index is -1.56. The third-order valence-electron chi connectivity index (χ3n) is 2.39. The molecule has 7 nitrogen and oxygen atoms in total. The van der Waals surface area contributed by atoms with E-state index in [9.17, 15) is 18.9 Å². The molecule has 0 fully saturated rings. The molecule has 0 aliphatic heterocycles. The van der Waals surface area contributed by atoms with Crippen molar-refractivity contribution < 1.29 is 24.1 Å². The molecule has 0 aliphatic carbocycles. The Morgan fingerprint density at radius 1 is 1.33 bits per heavy atom. The highest BCUT2D eigenvalue weighted by Gasteiger charge is 2.26. The van der Waals surface area contributed by atoms with Crippen LogP contribution in [-0.4, -0.2) is 39.6 Å². The van der Waals surface area contributed by atoms with Crippen LogP contribution < -0.4 is 5.32 Å². The van der Waals surface area contributed by atoms with Crippen LogP contribution in [0.15, 0.2) is 0 Å². The van der Waals surface area contributed by atoms with Gasteiger partial charge in [0.2, 0.25) is 11.8 Å². The molecule has 2 amide bonds. The predicted octanol–water partition coefficient (Wildman–Crippen LogP) is 0.264. The van der Waals surface area contributed by atoms with Gasteiger partial charge in [-0.1, -0.05) is 6.92 Å². The molecule has 18 heavy (non-hydrogen) atoms. The highest BCUT2D eigenvalue weighted by atomic mass is 31.1. The van der Waals surface area contributed by atoms with Crippen LogP contribution in [0.3, 0.4) is 0 Å². The zero-order chi connectivity index (χ0) is 14.3. The van der Waals surface area contributed by atoms with Crippen molar-refractivity contribution in [3.8, 4) is 0 Å². The summed E-state index contributed by atoms with van der Waals surface area (Å²) in [6.45, 7) is 4.53. The molecule has 104 valence electrons. The van der Waals surface area contributed by atoms with Gasteiger partial charge >= 0.3 is 5.97 Å². The number of carboxylic acid groups (broad SMARTS) is 1. The van der Waals surface area contributed by atoms with E-state index >= 15 is 0 Å². The van der Waals surface area contributed by atoms with Crippen LogP contribution in [0.25, 0.3) is 0 Å². The number of nitrogens with one attached hydrogen (secondary N) is 1. The Balaban J connectivity index is 4.63. The molecule has 0 aromatic carbocycles. The van der Waals surface area contributed by atoms with Crippen molar-refractivity contribution in [3.63, 3.8) is 0 Å². The maximum atomic E-state index is 11.7. The van der Waals surface area contributed by atoms with Crippen molar-refractivity contribution in [3.05, 3.63) is 0 Å². The summed E-state index contributed by atoms with van der Waals surface area (Å²) in [4.78, 5) is 33.8. The third-order valence-corrected chi connectivity index (χ3v) is 3.35. The fourth-order valence-corrected chi connectivity index (χ4v) is 1.80. The highest BCUT2D eigenvalue weighted by molar-refractivity contribution is 7.22. The van der Waals surface area contributed by atoms with Gasteiger partial charge in [0.15, 0.2) is 8.61 Å². The quantitative estimate of drug-likeness (QED) is 0.650. The van der Waals surface area contributed by atoms with E-state index in [-0.39, 0.29) is 12.3 Å². The fourth-order valence-electron chi connectivity index (χ4n) is 1.23. The summed E-state index contributed by atoms with van der Waals surface area (Å²) in [5.74, 6) is -2.16. The first-order valence-corrected chi connectivity index (χ1v) is 6.63. The van der Waals surface area contributed by atoms with Crippen LogP contribution >= 0.6 is 8.61 Å². The number of amides is 2. The Bertz CT molecular complexity index is 347. The van der Waals surface area contributed by atoms with Gasteiger partial charge < -0.3 is 15.0 Å². The van der Waals surface area contributed by atoms with Gasteiger partial charge in [-0.2, -0.15) is 0 Å². The van der Waals surface area contributed by atoms with E-state index in [2.05, 4.69) is 5.32 Å². The first-order chi connectivity index (χ1) is 8.34. The lowest BCUT2D eigenvalue weighted by atomic mass is 10.2. The van der Waals surface area contributed by atoms with Gasteiger partial charge in [-0.25, -0.2) is 0 Å². The Labute approximate surface area is 107 Å². The van der Waals surface area contributed by atoms with Crippen LogP contribution in [0, 0.1) is 0 Å². The molecular weight excluding hydrogens is 259 g/mol. The molecule has 0 aromatic heterocycles. The van der Waals surface area contributed by atoms with Gasteiger partial charge in [0.05, 0.1) is 0 Å². The van der Waals surface area contributed by atoms with Gasteiger partial charge in [0.25, 0.3) is 0 Å². The summed E-state index contributed by atoms with van der Waals surface area (Å²) in [5, 5.41) is 10.9. The second-order valence-corrected chi connectivity index (χ2v) is 4.67. The van der Waals surface area contributed by atoms with E-state index in [1.807, 2.05) is 0 Å². The molecule has 0 saturated carbocycles. The normalized spacial score (nSPS) is 14.2. The summed E-state index contributed by atoms with van der Waals surface area (Å²) in [5.41, 5.74) is 0. The molecule has 0 spiro atoms. The number of carbonyl (C=O) groups is 3. The lowest BCUT2D eigenvalue weighted by Crippen LogP contribution is -2.48. The number of aliphatic carboxylic acids is 1. The molecule has 3 atom stereocenters. The average molecular weight is 278 g/mol. The zero-order valence-electron chi connectivity index (χ0n) is 10.7. The lowest BCUT2D eigenvalue weighted by molar-refractivity contribution is -0.142. The van der Waals surface area contributed by atoms with E-state index in [1.165, 1.54) is 13.8 Å². The number of carbonyl (C=O) groups excluding carboxylic acids is 2. The predicted molar refractivity (Wildman–Crippen MR) is 66.9 cm³/mol. The van der Waals surface area contributed by atoms with E-state index < -0.39 is 32.6 Å². The molecule has 0 aliphatic rings. The van der Waals surface area contributed by atoms with Gasteiger partial charge in [-0.3, -0.25) is 19.1 Å². The molecule has 0 saturated heterocycles. The van der Waals surface area contributed by atoms with E-state index in [1.54, 1.807) is 6.92 Å². The molecule has 2 N–H and O–H groups in total. The van der Waals surface area contributed by atoms with E-state index in [0.717, 1.165) is 4.67 Å². The summed E-state index contributed by atoms with van der Waals surface area (Å²) < 4.78 is 12.0. The standard InChI is InChI=1S/C10H19N2O5P/c1-4-5-8(13)12(18-17)7(3)9(14)11-6(2)10(15)16/h6-7H,4-5,18H2,1-3H3,(H,11,14)(H,15,16)/t6-,7-/m0/s1. The summed E-state index contributed by atoms with van der Waals surface area (Å²) in [7, 11) is -1.56. The maximum Gasteiger partial charge on any atom is 0.325 e. The Kier molecular flexibility index (Phi) is 7.27. The molecule has 0 radical (unpaired) electrons. The molecule has 8 heteroatoms. The molecular formula is C10H19N2O5P. The van der Waals surface area contributed by atoms with Crippen molar-refractivity contribution in [2.45, 2.75) is 45.7 Å². The molecule has 0 bridgehead atoms. The van der Waals surface area contributed by atoms with Crippen LogP contribution in [-0.2, 0) is 18.9 Å². The molecule has 0 rings (SSSR count). The van der Waals surface area contributed by atoms with Crippen LogP contribution in [0.5, 0.6) is 0 Å². The first-order valence-electron chi connectivity index (χ1n) is 5.64. The van der Waals surface area contributed by atoms with Crippen LogP contribution in [0.4, 0.5) is 0 Å². The van der Waals surface area contributed by atoms with Crippen molar-refractivity contribution in [1.29, 1.82) is 0 Å². The third kappa shape index (κ3) is 4.87. The number of carboxylic acids is 1. The van der Waals surface area contributed by atoms with Gasteiger partial charge in [0.1, 0.15) is 12.1 Å². The van der Waals surface area contributed by atoms with Crippen LogP contribution in [0.1, 0.15) is 33.6 Å². The Morgan fingerprint density at radius 3 is 2.28 bits per heavy atom. The minimum absolute atomic E-state index is 0.210. The monoisotopic (exact) mass is 278 g/mol. The zero-order valence-corrected chi connectivity index (χ0v) is 11.8. The average Bonchev–Trinajstić information content (AvgIpc) is 2.29. The largest absolute Gasteiger partial charge is 0.480 e. The second-order valence-electron chi connectivity index (χ2n) is 3.90.